The summed E-state index contributed by atoms with van der Waals surface area (Å²) >= 11 is 4.92. The minimum atomic E-state index is -0.279. The van der Waals surface area contributed by atoms with Gasteiger partial charge in [0, 0.05) is 30.1 Å². The van der Waals surface area contributed by atoms with Crippen LogP contribution in [0.5, 0.6) is 0 Å². The van der Waals surface area contributed by atoms with Gasteiger partial charge in [0.1, 0.15) is 16.9 Å². The van der Waals surface area contributed by atoms with Gasteiger partial charge in [-0.1, -0.05) is 91.0 Å². The fraction of sp³-hybridized carbons (Fsp3) is 0.0769. The van der Waals surface area contributed by atoms with Gasteiger partial charge in [0.25, 0.3) is 0 Å². The standard InChI is InChI=1S/C26H22N4S/c31-24(26-27-16-17-30(26)18-19-10-4-1-5-11-19)25-28-22(20-12-6-2-7-13-20)23(29-25)21-14-8-3-9-15-21/h1-17,24,31H,18H2,(H,28,29). The van der Waals surface area contributed by atoms with E-state index in [2.05, 4.69) is 63.1 Å². The second-order valence-corrected chi connectivity index (χ2v) is 7.90. The van der Waals surface area contributed by atoms with Gasteiger partial charge in [-0.3, -0.25) is 0 Å². The molecule has 2 heterocycles. The molecule has 0 aliphatic rings. The molecule has 0 amide bonds. The lowest BCUT2D eigenvalue weighted by Crippen LogP contribution is -2.08. The van der Waals surface area contributed by atoms with E-state index in [-0.39, 0.29) is 5.25 Å². The maximum absolute atomic E-state index is 4.98. The molecular formula is C26H22N4S. The molecular weight excluding hydrogens is 400 g/mol. The van der Waals surface area contributed by atoms with Gasteiger partial charge in [-0.25, -0.2) is 9.97 Å². The molecule has 152 valence electrons. The third-order valence-corrected chi connectivity index (χ3v) is 5.75. The molecule has 31 heavy (non-hydrogen) atoms. The molecule has 0 spiro atoms. The van der Waals surface area contributed by atoms with Crippen molar-refractivity contribution < 1.29 is 0 Å². The molecule has 5 rings (SSSR count). The largest absolute Gasteiger partial charge is 0.340 e. The van der Waals surface area contributed by atoms with Gasteiger partial charge in [0.15, 0.2) is 0 Å². The average Bonchev–Trinajstić information content (AvgIpc) is 3.48. The van der Waals surface area contributed by atoms with Crippen molar-refractivity contribution in [3.05, 3.63) is 121 Å². The Hall–Kier alpha value is -3.57. The van der Waals surface area contributed by atoms with Crippen molar-refractivity contribution in [1.82, 2.24) is 19.5 Å². The summed E-state index contributed by atoms with van der Waals surface area (Å²) in [5.41, 5.74) is 5.28. The van der Waals surface area contributed by atoms with Gasteiger partial charge in [0.2, 0.25) is 0 Å². The summed E-state index contributed by atoms with van der Waals surface area (Å²) in [7, 11) is 0. The first kappa shape index (κ1) is 19.4. The Morgan fingerprint density at radius 2 is 1.42 bits per heavy atom. The molecule has 0 saturated heterocycles. The quantitative estimate of drug-likeness (QED) is 0.329. The van der Waals surface area contributed by atoms with Crippen LogP contribution in [0.2, 0.25) is 0 Å². The van der Waals surface area contributed by atoms with Crippen LogP contribution in [0.3, 0.4) is 0 Å². The first-order valence-electron chi connectivity index (χ1n) is 10.2. The van der Waals surface area contributed by atoms with Crippen LogP contribution in [0.1, 0.15) is 22.5 Å². The predicted octanol–water partition coefficient (Wildman–Crippen LogP) is 6.01. The van der Waals surface area contributed by atoms with Gasteiger partial charge >= 0.3 is 0 Å². The maximum atomic E-state index is 4.98. The van der Waals surface area contributed by atoms with Crippen LogP contribution in [0.15, 0.2) is 103 Å². The predicted molar refractivity (Wildman–Crippen MR) is 128 cm³/mol. The zero-order valence-corrected chi connectivity index (χ0v) is 17.8. The number of hydrogen-bond acceptors (Lipinski definition) is 3. The van der Waals surface area contributed by atoms with Crippen molar-refractivity contribution in [3.63, 3.8) is 0 Å². The van der Waals surface area contributed by atoms with E-state index in [1.165, 1.54) is 5.56 Å². The molecule has 0 saturated carbocycles. The Labute approximate surface area is 187 Å². The molecule has 0 fully saturated rings. The maximum Gasteiger partial charge on any atom is 0.129 e. The van der Waals surface area contributed by atoms with Crippen molar-refractivity contribution in [2.75, 3.05) is 0 Å². The van der Waals surface area contributed by atoms with E-state index < -0.39 is 0 Å². The molecule has 2 aromatic heterocycles. The van der Waals surface area contributed by atoms with E-state index in [4.69, 9.17) is 17.6 Å². The summed E-state index contributed by atoms with van der Waals surface area (Å²) in [4.78, 5) is 13.1. The number of imidazole rings is 2. The summed E-state index contributed by atoms with van der Waals surface area (Å²) in [6, 6.07) is 30.9. The third-order valence-electron chi connectivity index (χ3n) is 5.28. The number of aromatic nitrogens is 4. The van der Waals surface area contributed by atoms with Crippen LogP contribution >= 0.6 is 12.6 Å². The molecule has 4 nitrogen and oxygen atoms in total. The van der Waals surface area contributed by atoms with Crippen molar-refractivity contribution in [1.29, 1.82) is 0 Å². The number of nitrogens with zero attached hydrogens (tertiary/aromatic N) is 3. The van der Waals surface area contributed by atoms with Crippen LogP contribution < -0.4 is 0 Å². The van der Waals surface area contributed by atoms with Gasteiger partial charge in [-0.15, -0.1) is 0 Å². The van der Waals surface area contributed by atoms with Crippen molar-refractivity contribution in [2.24, 2.45) is 0 Å². The van der Waals surface area contributed by atoms with Crippen molar-refractivity contribution in [3.8, 4) is 22.5 Å². The molecule has 0 aliphatic heterocycles. The highest BCUT2D eigenvalue weighted by molar-refractivity contribution is 7.80. The monoisotopic (exact) mass is 422 g/mol. The highest BCUT2D eigenvalue weighted by atomic mass is 32.1. The van der Waals surface area contributed by atoms with E-state index in [1.54, 1.807) is 0 Å². The number of rotatable bonds is 6. The van der Waals surface area contributed by atoms with Crippen LogP contribution in [-0.2, 0) is 6.54 Å². The summed E-state index contributed by atoms with van der Waals surface area (Å²) in [5, 5.41) is -0.279. The minimum Gasteiger partial charge on any atom is -0.340 e. The first-order chi connectivity index (χ1) is 15.3. The van der Waals surface area contributed by atoms with Gasteiger partial charge < -0.3 is 9.55 Å². The normalized spacial score (nSPS) is 12.0. The minimum absolute atomic E-state index is 0.279. The summed E-state index contributed by atoms with van der Waals surface area (Å²) in [5.74, 6) is 1.64. The molecule has 3 aromatic carbocycles. The average molecular weight is 423 g/mol. The van der Waals surface area contributed by atoms with E-state index >= 15 is 0 Å². The van der Waals surface area contributed by atoms with Crippen LogP contribution in [0.4, 0.5) is 0 Å². The van der Waals surface area contributed by atoms with Gasteiger partial charge in [0.05, 0.1) is 11.4 Å². The summed E-state index contributed by atoms with van der Waals surface area (Å²) in [6.07, 6.45) is 3.81. The number of thiol groups is 1. The Morgan fingerprint density at radius 1 is 0.806 bits per heavy atom. The Balaban J connectivity index is 1.54. The first-order valence-corrected chi connectivity index (χ1v) is 10.7. The molecule has 1 atom stereocenters. The Kier molecular flexibility index (Phi) is 5.42. The lowest BCUT2D eigenvalue weighted by Gasteiger charge is -2.12. The van der Waals surface area contributed by atoms with E-state index in [0.29, 0.717) is 0 Å². The Bertz CT molecular complexity index is 1200. The molecule has 0 aliphatic carbocycles. The topological polar surface area (TPSA) is 46.5 Å². The molecule has 0 bridgehead atoms. The number of nitrogens with one attached hydrogen (secondary N) is 1. The molecule has 1 N–H and O–H groups in total. The smallest absolute Gasteiger partial charge is 0.129 e. The fourth-order valence-corrected chi connectivity index (χ4v) is 4.08. The van der Waals surface area contributed by atoms with Crippen LogP contribution in [-0.4, -0.2) is 19.5 Å². The van der Waals surface area contributed by atoms with Crippen molar-refractivity contribution in [2.45, 2.75) is 11.8 Å². The van der Waals surface area contributed by atoms with Crippen LogP contribution in [0.25, 0.3) is 22.5 Å². The summed E-state index contributed by atoms with van der Waals surface area (Å²) in [6.45, 7) is 0.741. The summed E-state index contributed by atoms with van der Waals surface area (Å²) < 4.78 is 2.12. The van der Waals surface area contributed by atoms with Crippen LogP contribution in [0, 0.1) is 0 Å². The van der Waals surface area contributed by atoms with Crippen molar-refractivity contribution >= 4 is 12.6 Å². The lowest BCUT2D eigenvalue weighted by atomic mass is 10.1. The second-order valence-electron chi connectivity index (χ2n) is 7.38. The van der Waals surface area contributed by atoms with E-state index in [1.807, 2.05) is 54.9 Å². The van der Waals surface area contributed by atoms with Gasteiger partial charge in [-0.2, -0.15) is 12.6 Å². The van der Waals surface area contributed by atoms with E-state index in [9.17, 15) is 0 Å². The molecule has 0 radical (unpaired) electrons. The number of H-pyrrole nitrogens is 1. The SMILES string of the molecule is SC(c1nc(-c2ccccc2)c(-c2ccccc2)[nH]1)c1nccn1Cc1ccccc1. The Morgan fingerprint density at radius 3 is 2.10 bits per heavy atom. The molecule has 5 heteroatoms. The highest BCUT2D eigenvalue weighted by Gasteiger charge is 2.22. The van der Waals surface area contributed by atoms with Gasteiger partial charge in [-0.05, 0) is 5.56 Å². The number of benzene rings is 3. The lowest BCUT2D eigenvalue weighted by molar-refractivity contribution is 0.727. The molecule has 5 aromatic rings. The second kappa shape index (κ2) is 8.66. The molecule has 1 unspecified atom stereocenters. The zero-order valence-electron chi connectivity index (χ0n) is 16.9. The number of aromatic amines is 1. The van der Waals surface area contributed by atoms with E-state index in [0.717, 1.165) is 40.7 Å². The number of hydrogen-bond donors (Lipinski definition) is 2. The third kappa shape index (κ3) is 4.05. The highest BCUT2D eigenvalue weighted by Crippen LogP contribution is 2.34. The zero-order chi connectivity index (χ0) is 21.0. The fourth-order valence-electron chi connectivity index (χ4n) is 3.74.